The van der Waals surface area contributed by atoms with E-state index in [1.54, 1.807) is 24.3 Å². The van der Waals surface area contributed by atoms with Gasteiger partial charge in [-0.3, -0.25) is 5.32 Å². The van der Waals surface area contributed by atoms with Crippen LogP contribution < -0.4 is 22.1 Å². The number of aliphatic imine (C=N–C) groups is 1. The van der Waals surface area contributed by atoms with Crippen molar-refractivity contribution in [1.82, 2.24) is 10.3 Å². The molecule has 0 radical (unpaired) electrons. The van der Waals surface area contributed by atoms with Crippen molar-refractivity contribution in [3.63, 3.8) is 0 Å². The topological polar surface area (TPSA) is 186 Å². The Labute approximate surface area is 182 Å². The molecule has 1 aliphatic rings. The molecule has 0 saturated heterocycles. The van der Waals surface area contributed by atoms with Crippen molar-refractivity contribution in [2.75, 3.05) is 16.8 Å². The average molecular weight is 424 g/mol. The Morgan fingerprint density at radius 3 is 2.66 bits per heavy atom. The predicted octanol–water partition coefficient (Wildman–Crippen LogP) is 2.42. The van der Waals surface area contributed by atoms with Crippen LogP contribution >= 0.6 is 0 Å². The van der Waals surface area contributed by atoms with Crippen LogP contribution in [0.25, 0.3) is 11.1 Å². The van der Waals surface area contributed by atoms with Gasteiger partial charge in [0.25, 0.3) is 0 Å². The highest BCUT2D eigenvalue weighted by atomic mass is 16.4. The lowest BCUT2D eigenvalue weighted by atomic mass is 9.89. The second-order valence-corrected chi connectivity index (χ2v) is 6.88. The molecule has 1 aliphatic heterocycles. The maximum absolute atomic E-state index is 11.5. The van der Waals surface area contributed by atoms with E-state index in [-0.39, 0.29) is 34.4 Å². The van der Waals surface area contributed by atoms with E-state index in [0.29, 0.717) is 22.3 Å². The van der Waals surface area contributed by atoms with Crippen molar-refractivity contribution in [2.24, 2.45) is 4.99 Å². The number of carboxylic acid groups (broad SMARTS) is 1. The number of rotatable bonds is 3. The molecular formula is C22H16N8O2. The lowest BCUT2D eigenvalue weighted by molar-refractivity contribution is 0.0697. The van der Waals surface area contributed by atoms with Crippen LogP contribution in [0.15, 0.2) is 53.5 Å². The third kappa shape index (κ3) is 3.38. The summed E-state index contributed by atoms with van der Waals surface area (Å²) < 4.78 is 0. The Balaban J connectivity index is 1.97. The number of nitrogens with two attached hydrogens (primary N) is 2. The van der Waals surface area contributed by atoms with Crippen molar-refractivity contribution in [2.45, 2.75) is 6.04 Å². The first-order chi connectivity index (χ1) is 15.4. The number of anilines is 3. The fourth-order valence-corrected chi connectivity index (χ4v) is 3.62. The molecule has 0 aliphatic carbocycles. The number of nitrogen functional groups attached to an aromatic ring is 2. The van der Waals surface area contributed by atoms with Crippen LogP contribution in [0.3, 0.4) is 0 Å². The van der Waals surface area contributed by atoms with Gasteiger partial charge in [0, 0.05) is 5.56 Å². The van der Waals surface area contributed by atoms with Gasteiger partial charge in [-0.15, -0.1) is 0 Å². The SMILES string of the molecule is N#CNC1=NC(c2ccccc2-c2cccc(C(=O)O)c2)c2c(nc(N)c(C#N)c2N)N1. The first-order valence-electron chi connectivity index (χ1n) is 9.36. The molecule has 10 heteroatoms. The van der Waals surface area contributed by atoms with Crippen molar-refractivity contribution in [3.8, 4) is 23.4 Å². The summed E-state index contributed by atoms with van der Waals surface area (Å²) in [5, 5.41) is 33.3. The van der Waals surface area contributed by atoms with E-state index in [1.165, 1.54) is 6.07 Å². The van der Waals surface area contributed by atoms with E-state index in [4.69, 9.17) is 16.7 Å². The van der Waals surface area contributed by atoms with Gasteiger partial charge >= 0.3 is 5.97 Å². The summed E-state index contributed by atoms with van der Waals surface area (Å²) in [6.45, 7) is 0. The molecule has 0 saturated carbocycles. The van der Waals surface area contributed by atoms with Gasteiger partial charge in [-0.1, -0.05) is 36.4 Å². The van der Waals surface area contributed by atoms with Gasteiger partial charge in [0.15, 0.2) is 6.19 Å². The van der Waals surface area contributed by atoms with E-state index in [9.17, 15) is 15.2 Å². The number of nitrogens with zero attached hydrogens (tertiary/aromatic N) is 4. The first-order valence-corrected chi connectivity index (χ1v) is 9.36. The minimum Gasteiger partial charge on any atom is -0.478 e. The zero-order chi connectivity index (χ0) is 22.8. The molecule has 32 heavy (non-hydrogen) atoms. The second-order valence-electron chi connectivity index (χ2n) is 6.88. The van der Waals surface area contributed by atoms with Crippen LogP contribution in [-0.2, 0) is 0 Å². The van der Waals surface area contributed by atoms with Crippen molar-refractivity contribution < 1.29 is 9.90 Å². The van der Waals surface area contributed by atoms with E-state index >= 15 is 0 Å². The maximum atomic E-state index is 11.5. The smallest absolute Gasteiger partial charge is 0.335 e. The Morgan fingerprint density at radius 2 is 1.94 bits per heavy atom. The van der Waals surface area contributed by atoms with Gasteiger partial charge in [0.05, 0.1) is 11.3 Å². The standard InChI is InChI=1S/C22H16N8O2/c23-9-15-17(25)16-18(28-22(27-10-24)30-20(16)29-19(15)26)14-7-2-1-6-13(14)11-4-3-5-12(8-11)21(31)32/h1-8,18H,(H,31,32)(H6,25,26,27,28,29,30). The van der Waals surface area contributed by atoms with E-state index in [1.807, 2.05) is 30.5 Å². The molecule has 2 aromatic carbocycles. The number of aromatic carboxylic acids is 1. The molecule has 0 fully saturated rings. The molecule has 4 rings (SSSR count). The molecule has 7 N–H and O–H groups in total. The number of carboxylic acids is 1. The monoisotopic (exact) mass is 424 g/mol. The molecule has 0 amide bonds. The summed E-state index contributed by atoms with van der Waals surface area (Å²) >= 11 is 0. The molecule has 0 bridgehead atoms. The van der Waals surface area contributed by atoms with Crippen LogP contribution in [0.4, 0.5) is 17.3 Å². The van der Waals surface area contributed by atoms with Crippen LogP contribution in [0, 0.1) is 22.8 Å². The van der Waals surface area contributed by atoms with Gasteiger partial charge in [0.2, 0.25) is 5.96 Å². The van der Waals surface area contributed by atoms with Gasteiger partial charge in [-0.2, -0.15) is 10.5 Å². The summed E-state index contributed by atoms with van der Waals surface area (Å²) in [6, 6.07) is 15.0. The highest BCUT2D eigenvalue weighted by Crippen LogP contribution is 2.43. The molecule has 2 heterocycles. The van der Waals surface area contributed by atoms with Gasteiger partial charge in [-0.05, 0) is 28.8 Å². The zero-order valence-electron chi connectivity index (χ0n) is 16.5. The molecule has 1 atom stereocenters. The second kappa shape index (κ2) is 7.97. The van der Waals surface area contributed by atoms with Gasteiger partial charge in [-0.25, -0.2) is 14.8 Å². The number of carbonyl (C=O) groups is 1. The van der Waals surface area contributed by atoms with Crippen molar-refractivity contribution in [1.29, 1.82) is 10.5 Å². The van der Waals surface area contributed by atoms with E-state index in [2.05, 4.69) is 20.6 Å². The molecule has 0 spiro atoms. The van der Waals surface area contributed by atoms with Gasteiger partial charge < -0.3 is 21.9 Å². The molecule has 3 aromatic rings. The molecule has 1 unspecified atom stereocenters. The van der Waals surface area contributed by atoms with E-state index < -0.39 is 12.0 Å². The number of pyridine rings is 1. The highest BCUT2D eigenvalue weighted by Gasteiger charge is 2.31. The number of fused-ring (bicyclic) bond motifs is 1. The fraction of sp³-hybridized carbons (Fsp3) is 0.0455. The quantitative estimate of drug-likeness (QED) is 0.311. The summed E-state index contributed by atoms with van der Waals surface area (Å²) in [7, 11) is 0. The van der Waals surface area contributed by atoms with Crippen molar-refractivity contribution >= 4 is 29.3 Å². The van der Waals surface area contributed by atoms with E-state index in [0.717, 1.165) is 0 Å². The third-order valence-corrected chi connectivity index (χ3v) is 5.03. The predicted molar refractivity (Wildman–Crippen MR) is 118 cm³/mol. The average Bonchev–Trinajstić information content (AvgIpc) is 2.79. The normalized spacial score (nSPS) is 14.2. The zero-order valence-corrected chi connectivity index (χ0v) is 16.5. The summed E-state index contributed by atoms with van der Waals surface area (Å²) in [4.78, 5) is 20.3. The number of hydrogen-bond donors (Lipinski definition) is 5. The van der Waals surface area contributed by atoms with Crippen LogP contribution in [-0.4, -0.2) is 22.0 Å². The summed E-state index contributed by atoms with van der Waals surface area (Å²) in [6.07, 6.45) is 1.81. The first kappa shape index (κ1) is 20.2. The Morgan fingerprint density at radius 1 is 1.16 bits per heavy atom. The molecular weight excluding hydrogens is 408 g/mol. The highest BCUT2D eigenvalue weighted by molar-refractivity contribution is 5.99. The molecule has 10 nitrogen and oxygen atoms in total. The third-order valence-electron chi connectivity index (χ3n) is 5.03. The minimum atomic E-state index is -1.04. The van der Waals surface area contributed by atoms with Crippen LogP contribution in [0.5, 0.6) is 0 Å². The van der Waals surface area contributed by atoms with Crippen molar-refractivity contribution in [3.05, 3.63) is 70.8 Å². The number of aromatic nitrogens is 1. The number of benzene rings is 2. The number of nitrogens with one attached hydrogen (secondary N) is 2. The molecule has 1 aromatic heterocycles. The Bertz CT molecular complexity index is 1370. The lowest BCUT2D eigenvalue weighted by Crippen LogP contribution is -2.32. The fourth-order valence-electron chi connectivity index (χ4n) is 3.62. The summed E-state index contributed by atoms with van der Waals surface area (Å²) in [5.74, 6) is -0.686. The van der Waals surface area contributed by atoms with Crippen LogP contribution in [0.2, 0.25) is 0 Å². The largest absolute Gasteiger partial charge is 0.478 e. The molecule has 156 valence electrons. The maximum Gasteiger partial charge on any atom is 0.335 e. The minimum absolute atomic E-state index is 0.0350. The number of hydrogen-bond acceptors (Lipinski definition) is 9. The number of guanidine groups is 1. The van der Waals surface area contributed by atoms with Gasteiger partial charge in [0.1, 0.15) is 29.3 Å². The Hall–Kier alpha value is -5.09. The van der Waals surface area contributed by atoms with Crippen LogP contribution in [0.1, 0.15) is 33.1 Å². The Kier molecular flexibility index (Phi) is 5.03. The lowest BCUT2D eigenvalue weighted by Gasteiger charge is -2.27. The summed E-state index contributed by atoms with van der Waals surface area (Å²) in [5.41, 5.74) is 15.0. The number of nitriles is 2.